The molecule has 0 spiro atoms. The van der Waals surface area contributed by atoms with Gasteiger partial charge in [0.25, 0.3) is 0 Å². The molecule has 4 nitrogen and oxygen atoms in total. The van der Waals surface area contributed by atoms with Crippen LogP contribution in [0.5, 0.6) is 5.75 Å². The summed E-state index contributed by atoms with van der Waals surface area (Å²) in [6.45, 7) is 8.26. The SMILES string of the molecule is CCNCc1cccc(C)c1OCc1c(C)nn(C)c1Cl. The van der Waals surface area contributed by atoms with Crippen LogP contribution >= 0.6 is 11.6 Å². The van der Waals surface area contributed by atoms with E-state index in [1.54, 1.807) is 4.68 Å². The number of aryl methyl sites for hydroxylation is 3. The van der Waals surface area contributed by atoms with E-state index < -0.39 is 0 Å². The van der Waals surface area contributed by atoms with Crippen LogP contribution in [0.25, 0.3) is 0 Å². The number of nitrogens with one attached hydrogen (secondary N) is 1. The van der Waals surface area contributed by atoms with Crippen LogP contribution in [0.4, 0.5) is 0 Å². The standard InChI is InChI=1S/C16H22ClN3O/c1-5-18-9-13-8-6-7-11(2)15(13)21-10-14-12(3)19-20(4)16(14)17/h6-8,18H,5,9-10H2,1-4H3. The molecule has 1 aromatic heterocycles. The third-order valence-electron chi connectivity index (χ3n) is 3.49. The van der Waals surface area contributed by atoms with E-state index in [0.717, 1.165) is 41.2 Å². The predicted octanol–water partition coefficient (Wildman–Crippen LogP) is 3.38. The molecule has 114 valence electrons. The summed E-state index contributed by atoms with van der Waals surface area (Å²) in [6, 6.07) is 6.20. The van der Waals surface area contributed by atoms with Crippen molar-refractivity contribution in [2.45, 2.75) is 33.9 Å². The maximum atomic E-state index is 6.25. The van der Waals surface area contributed by atoms with Crippen molar-refractivity contribution in [2.24, 2.45) is 7.05 Å². The van der Waals surface area contributed by atoms with Crippen LogP contribution in [0.2, 0.25) is 5.15 Å². The summed E-state index contributed by atoms with van der Waals surface area (Å²) in [5.41, 5.74) is 4.14. The second kappa shape index (κ2) is 6.96. The van der Waals surface area contributed by atoms with Crippen LogP contribution in [0.1, 0.15) is 29.3 Å². The largest absolute Gasteiger partial charge is 0.488 e. The topological polar surface area (TPSA) is 39.1 Å². The number of hydrogen-bond donors (Lipinski definition) is 1. The van der Waals surface area contributed by atoms with E-state index in [0.29, 0.717) is 11.8 Å². The summed E-state index contributed by atoms with van der Waals surface area (Å²) in [5.74, 6) is 0.928. The van der Waals surface area contributed by atoms with Gasteiger partial charge in [-0.1, -0.05) is 36.7 Å². The van der Waals surface area contributed by atoms with Gasteiger partial charge in [-0.05, 0) is 26.0 Å². The van der Waals surface area contributed by atoms with Crippen molar-refractivity contribution < 1.29 is 4.74 Å². The van der Waals surface area contributed by atoms with Crippen molar-refractivity contribution in [3.63, 3.8) is 0 Å². The number of nitrogens with zero attached hydrogens (tertiary/aromatic N) is 2. The van der Waals surface area contributed by atoms with Crippen molar-refractivity contribution in [1.29, 1.82) is 0 Å². The molecule has 5 heteroatoms. The number of para-hydroxylation sites is 1. The Morgan fingerprint density at radius 2 is 2.10 bits per heavy atom. The summed E-state index contributed by atoms with van der Waals surface area (Å²) in [4.78, 5) is 0. The molecule has 0 fully saturated rings. The van der Waals surface area contributed by atoms with E-state index in [2.05, 4.69) is 42.5 Å². The molecule has 0 atom stereocenters. The molecule has 0 aliphatic rings. The molecule has 0 amide bonds. The maximum absolute atomic E-state index is 6.25. The van der Waals surface area contributed by atoms with Crippen LogP contribution in [0, 0.1) is 13.8 Å². The number of hydrogen-bond acceptors (Lipinski definition) is 3. The Morgan fingerprint density at radius 1 is 1.33 bits per heavy atom. The van der Waals surface area contributed by atoms with E-state index in [1.807, 2.05) is 14.0 Å². The van der Waals surface area contributed by atoms with Crippen molar-refractivity contribution in [3.05, 3.63) is 45.7 Å². The van der Waals surface area contributed by atoms with E-state index in [4.69, 9.17) is 16.3 Å². The van der Waals surface area contributed by atoms with Gasteiger partial charge in [0.2, 0.25) is 0 Å². The highest BCUT2D eigenvalue weighted by atomic mass is 35.5. The van der Waals surface area contributed by atoms with E-state index in [-0.39, 0.29) is 0 Å². The van der Waals surface area contributed by atoms with E-state index in [9.17, 15) is 0 Å². The fraction of sp³-hybridized carbons (Fsp3) is 0.438. The van der Waals surface area contributed by atoms with Crippen LogP contribution < -0.4 is 10.1 Å². The molecule has 0 saturated carbocycles. The monoisotopic (exact) mass is 307 g/mol. The summed E-state index contributed by atoms with van der Waals surface area (Å²) < 4.78 is 7.72. The van der Waals surface area contributed by atoms with Gasteiger partial charge in [0, 0.05) is 24.7 Å². The lowest BCUT2D eigenvalue weighted by Crippen LogP contribution is -2.13. The van der Waals surface area contributed by atoms with Gasteiger partial charge in [-0.15, -0.1) is 0 Å². The Kier molecular flexibility index (Phi) is 5.26. The van der Waals surface area contributed by atoms with Gasteiger partial charge in [-0.25, -0.2) is 0 Å². The van der Waals surface area contributed by atoms with Crippen LogP contribution in [0.3, 0.4) is 0 Å². The molecule has 0 unspecified atom stereocenters. The fourth-order valence-corrected chi connectivity index (χ4v) is 2.53. The smallest absolute Gasteiger partial charge is 0.133 e. The molecule has 21 heavy (non-hydrogen) atoms. The predicted molar refractivity (Wildman–Crippen MR) is 85.8 cm³/mol. The quantitative estimate of drug-likeness (QED) is 0.889. The summed E-state index contributed by atoms with van der Waals surface area (Å²) in [7, 11) is 1.84. The van der Waals surface area contributed by atoms with Gasteiger partial charge in [0.15, 0.2) is 0 Å². The molecule has 2 aromatic rings. The fourth-order valence-electron chi connectivity index (χ4n) is 2.30. The minimum atomic E-state index is 0.433. The van der Waals surface area contributed by atoms with Gasteiger partial charge >= 0.3 is 0 Å². The Morgan fingerprint density at radius 3 is 2.71 bits per heavy atom. The third kappa shape index (κ3) is 3.57. The molecule has 0 radical (unpaired) electrons. The summed E-state index contributed by atoms with van der Waals surface area (Å²) in [5, 5.41) is 8.28. The van der Waals surface area contributed by atoms with Gasteiger partial charge in [0.1, 0.15) is 17.5 Å². The normalized spacial score (nSPS) is 10.9. The number of rotatable bonds is 6. The zero-order chi connectivity index (χ0) is 15.4. The Hall–Kier alpha value is -1.52. The lowest BCUT2D eigenvalue weighted by atomic mass is 10.1. The van der Waals surface area contributed by atoms with E-state index >= 15 is 0 Å². The van der Waals surface area contributed by atoms with Crippen LogP contribution in [-0.2, 0) is 20.2 Å². The number of ether oxygens (including phenoxy) is 1. The summed E-state index contributed by atoms with van der Waals surface area (Å²) in [6.07, 6.45) is 0. The molecule has 1 aromatic carbocycles. The lowest BCUT2D eigenvalue weighted by Gasteiger charge is -2.14. The summed E-state index contributed by atoms with van der Waals surface area (Å²) >= 11 is 6.25. The average molecular weight is 308 g/mol. The average Bonchev–Trinajstić information content (AvgIpc) is 2.69. The van der Waals surface area contributed by atoms with Crippen molar-refractivity contribution in [3.8, 4) is 5.75 Å². The first-order valence-electron chi connectivity index (χ1n) is 7.14. The van der Waals surface area contributed by atoms with Crippen LogP contribution in [-0.4, -0.2) is 16.3 Å². The number of benzene rings is 1. The molecule has 2 rings (SSSR count). The second-order valence-corrected chi connectivity index (χ2v) is 5.47. The highest BCUT2D eigenvalue weighted by Crippen LogP contribution is 2.26. The first-order chi connectivity index (χ1) is 10.0. The van der Waals surface area contributed by atoms with Crippen molar-refractivity contribution in [2.75, 3.05) is 6.54 Å². The zero-order valence-electron chi connectivity index (χ0n) is 13.0. The molecule has 0 saturated heterocycles. The number of aromatic nitrogens is 2. The molecule has 1 heterocycles. The molecular formula is C16H22ClN3O. The molecular weight excluding hydrogens is 286 g/mol. The first kappa shape index (κ1) is 15.9. The Balaban J connectivity index is 2.19. The highest BCUT2D eigenvalue weighted by Gasteiger charge is 2.13. The van der Waals surface area contributed by atoms with Gasteiger partial charge in [-0.2, -0.15) is 5.10 Å². The van der Waals surface area contributed by atoms with E-state index in [1.165, 1.54) is 0 Å². The molecule has 0 aliphatic heterocycles. The second-order valence-electron chi connectivity index (χ2n) is 5.11. The molecule has 0 aliphatic carbocycles. The maximum Gasteiger partial charge on any atom is 0.133 e. The number of halogens is 1. The van der Waals surface area contributed by atoms with Crippen molar-refractivity contribution >= 4 is 11.6 Å². The van der Waals surface area contributed by atoms with Gasteiger partial charge < -0.3 is 10.1 Å². The minimum Gasteiger partial charge on any atom is -0.488 e. The van der Waals surface area contributed by atoms with Gasteiger partial charge in [-0.3, -0.25) is 4.68 Å². The zero-order valence-corrected chi connectivity index (χ0v) is 13.8. The molecule has 0 bridgehead atoms. The van der Waals surface area contributed by atoms with Gasteiger partial charge in [0.05, 0.1) is 5.69 Å². The molecule has 1 N–H and O–H groups in total. The Labute approximate surface area is 131 Å². The first-order valence-corrected chi connectivity index (χ1v) is 7.52. The third-order valence-corrected chi connectivity index (χ3v) is 3.96. The van der Waals surface area contributed by atoms with Crippen LogP contribution in [0.15, 0.2) is 18.2 Å². The van der Waals surface area contributed by atoms with Crippen molar-refractivity contribution in [1.82, 2.24) is 15.1 Å². The highest BCUT2D eigenvalue weighted by molar-refractivity contribution is 6.30. The lowest BCUT2D eigenvalue weighted by molar-refractivity contribution is 0.299. The minimum absolute atomic E-state index is 0.433. The Bertz CT molecular complexity index is 622.